The molecule has 0 aliphatic carbocycles. The Labute approximate surface area is 151 Å². The van der Waals surface area contributed by atoms with E-state index in [0.29, 0.717) is 23.9 Å². The lowest BCUT2D eigenvalue weighted by Crippen LogP contribution is -2.32. The number of aromatic nitrogens is 2. The summed E-state index contributed by atoms with van der Waals surface area (Å²) >= 11 is 0. The molecule has 0 saturated carbocycles. The fraction of sp³-hybridized carbons (Fsp3) is 0.0556. The van der Waals surface area contributed by atoms with Crippen LogP contribution < -0.4 is 10.2 Å². The Kier molecular flexibility index (Phi) is 5.02. The molecule has 0 atom stereocenters. The largest absolute Gasteiger partial charge is 0.416 e. The number of rotatable bonds is 3. The normalized spacial score (nSPS) is 11.1. The predicted octanol–water partition coefficient (Wildman–Crippen LogP) is 5.00. The van der Waals surface area contributed by atoms with Crippen molar-refractivity contribution in [2.75, 3.05) is 10.2 Å². The van der Waals surface area contributed by atoms with Crippen LogP contribution >= 0.6 is 0 Å². The SMILES string of the molecule is O=C(Nc1cc(C(F)(F)F)ccc1F)N(c1ccccc1)c1ccncn1. The fourth-order valence-corrected chi connectivity index (χ4v) is 2.32. The Hall–Kier alpha value is -3.49. The number of benzene rings is 2. The quantitative estimate of drug-likeness (QED) is 0.654. The van der Waals surface area contributed by atoms with Crippen LogP contribution in [-0.4, -0.2) is 16.0 Å². The highest BCUT2D eigenvalue weighted by Gasteiger charge is 2.31. The molecule has 0 aliphatic rings. The molecule has 0 unspecified atom stereocenters. The summed E-state index contributed by atoms with van der Waals surface area (Å²) in [5.41, 5.74) is -1.28. The molecule has 0 spiro atoms. The summed E-state index contributed by atoms with van der Waals surface area (Å²) in [5, 5.41) is 2.17. The molecule has 3 aromatic rings. The van der Waals surface area contributed by atoms with Crippen molar-refractivity contribution in [1.29, 1.82) is 0 Å². The van der Waals surface area contributed by atoms with Crippen LogP contribution in [0.15, 0.2) is 67.1 Å². The third-order valence-corrected chi connectivity index (χ3v) is 3.55. The number of alkyl halides is 3. The van der Waals surface area contributed by atoms with E-state index < -0.39 is 29.3 Å². The molecule has 3 rings (SSSR count). The van der Waals surface area contributed by atoms with Gasteiger partial charge in [0.2, 0.25) is 0 Å². The molecule has 5 nitrogen and oxygen atoms in total. The molecule has 0 fully saturated rings. The van der Waals surface area contributed by atoms with Crippen LogP contribution in [0.1, 0.15) is 5.56 Å². The van der Waals surface area contributed by atoms with Crippen molar-refractivity contribution in [3.63, 3.8) is 0 Å². The lowest BCUT2D eigenvalue weighted by molar-refractivity contribution is -0.137. The monoisotopic (exact) mass is 376 g/mol. The van der Waals surface area contributed by atoms with Gasteiger partial charge in [0.1, 0.15) is 18.0 Å². The molecule has 9 heteroatoms. The molecular formula is C18H12F4N4O. The van der Waals surface area contributed by atoms with Gasteiger partial charge in [-0.2, -0.15) is 13.2 Å². The maximum absolute atomic E-state index is 14.0. The first kappa shape index (κ1) is 18.3. The summed E-state index contributed by atoms with van der Waals surface area (Å²) in [6, 6.07) is 10.6. The third kappa shape index (κ3) is 4.20. The maximum Gasteiger partial charge on any atom is 0.416 e. The van der Waals surface area contributed by atoms with Crippen molar-refractivity contribution in [1.82, 2.24) is 9.97 Å². The van der Waals surface area contributed by atoms with E-state index in [0.717, 1.165) is 4.90 Å². The molecule has 2 amide bonds. The zero-order valence-corrected chi connectivity index (χ0v) is 13.6. The molecule has 2 aromatic carbocycles. The molecule has 27 heavy (non-hydrogen) atoms. The highest BCUT2D eigenvalue weighted by molar-refractivity contribution is 6.06. The highest BCUT2D eigenvalue weighted by atomic mass is 19.4. The molecule has 1 heterocycles. The summed E-state index contributed by atoms with van der Waals surface area (Å²) in [5.74, 6) is -0.826. The smallest absolute Gasteiger partial charge is 0.304 e. The Morgan fingerprint density at radius 1 is 1.04 bits per heavy atom. The summed E-state index contributed by atoms with van der Waals surface area (Å²) < 4.78 is 52.5. The predicted molar refractivity (Wildman–Crippen MR) is 91.0 cm³/mol. The number of hydrogen-bond acceptors (Lipinski definition) is 3. The van der Waals surface area contributed by atoms with Crippen molar-refractivity contribution in [2.24, 2.45) is 0 Å². The molecule has 138 valence electrons. The van der Waals surface area contributed by atoms with Gasteiger partial charge in [-0.3, -0.25) is 0 Å². The molecule has 1 aromatic heterocycles. The van der Waals surface area contributed by atoms with Gasteiger partial charge in [0, 0.05) is 6.20 Å². The van der Waals surface area contributed by atoms with Crippen molar-refractivity contribution in [3.05, 3.63) is 78.5 Å². The first-order chi connectivity index (χ1) is 12.9. The van der Waals surface area contributed by atoms with Crippen LogP contribution in [0, 0.1) is 5.82 Å². The zero-order chi connectivity index (χ0) is 19.4. The third-order valence-electron chi connectivity index (χ3n) is 3.55. The average molecular weight is 376 g/mol. The van der Waals surface area contributed by atoms with Crippen LogP contribution in [0.25, 0.3) is 0 Å². The second-order valence-corrected chi connectivity index (χ2v) is 5.36. The molecule has 0 bridgehead atoms. The second-order valence-electron chi connectivity index (χ2n) is 5.36. The minimum Gasteiger partial charge on any atom is -0.304 e. The number of hydrogen-bond donors (Lipinski definition) is 1. The van der Waals surface area contributed by atoms with E-state index in [1.54, 1.807) is 30.3 Å². The summed E-state index contributed by atoms with van der Waals surface area (Å²) in [6.07, 6.45) is -2.06. The topological polar surface area (TPSA) is 58.1 Å². The van der Waals surface area contributed by atoms with E-state index in [4.69, 9.17) is 0 Å². The standard InChI is InChI=1S/C18H12F4N4O/c19-14-7-6-12(18(20,21)22)10-15(14)25-17(27)26(13-4-2-1-3-5-13)16-8-9-23-11-24-16/h1-11H,(H,25,27). The average Bonchev–Trinajstić information content (AvgIpc) is 2.64. The fourth-order valence-electron chi connectivity index (χ4n) is 2.32. The van der Waals surface area contributed by atoms with Crippen LogP contribution in [-0.2, 0) is 6.18 Å². The van der Waals surface area contributed by atoms with Gasteiger partial charge in [-0.05, 0) is 36.4 Å². The molecule has 0 aliphatic heterocycles. The molecule has 0 radical (unpaired) electrons. The number of anilines is 3. The van der Waals surface area contributed by atoms with Crippen molar-refractivity contribution in [3.8, 4) is 0 Å². The second kappa shape index (κ2) is 7.40. The van der Waals surface area contributed by atoms with E-state index in [1.165, 1.54) is 18.6 Å². The van der Waals surface area contributed by atoms with Gasteiger partial charge in [0.05, 0.1) is 16.9 Å². The van der Waals surface area contributed by atoms with E-state index >= 15 is 0 Å². The van der Waals surface area contributed by atoms with Crippen LogP contribution in [0.3, 0.4) is 0 Å². The number of carbonyl (C=O) groups excluding carboxylic acids is 1. The Balaban J connectivity index is 1.97. The maximum atomic E-state index is 14.0. The molecular weight excluding hydrogens is 364 g/mol. The summed E-state index contributed by atoms with van der Waals surface area (Å²) in [6.45, 7) is 0. The number of carbonyl (C=O) groups is 1. The first-order valence-corrected chi connectivity index (χ1v) is 7.65. The Morgan fingerprint density at radius 3 is 2.41 bits per heavy atom. The van der Waals surface area contributed by atoms with Crippen molar-refractivity contribution < 1.29 is 22.4 Å². The number of amides is 2. The lowest BCUT2D eigenvalue weighted by Gasteiger charge is -2.22. The van der Waals surface area contributed by atoms with E-state index in [-0.39, 0.29) is 5.82 Å². The van der Waals surface area contributed by atoms with Gasteiger partial charge in [-0.15, -0.1) is 0 Å². The van der Waals surface area contributed by atoms with Crippen LogP contribution in [0.5, 0.6) is 0 Å². The Morgan fingerprint density at radius 2 is 1.78 bits per heavy atom. The van der Waals surface area contributed by atoms with Gasteiger partial charge in [-0.25, -0.2) is 24.1 Å². The number of halogens is 4. The molecule has 1 N–H and O–H groups in total. The van der Waals surface area contributed by atoms with Gasteiger partial charge in [0.25, 0.3) is 0 Å². The minimum absolute atomic E-state index is 0.168. The van der Waals surface area contributed by atoms with Crippen LogP contribution in [0.2, 0.25) is 0 Å². The number of para-hydroxylation sites is 1. The molecule has 0 saturated heterocycles. The van der Waals surface area contributed by atoms with Crippen molar-refractivity contribution in [2.45, 2.75) is 6.18 Å². The number of urea groups is 1. The Bertz CT molecular complexity index is 894. The zero-order valence-electron chi connectivity index (χ0n) is 13.6. The van der Waals surface area contributed by atoms with Gasteiger partial charge < -0.3 is 5.32 Å². The van der Waals surface area contributed by atoms with Gasteiger partial charge >= 0.3 is 12.2 Å². The lowest BCUT2D eigenvalue weighted by atomic mass is 10.2. The van der Waals surface area contributed by atoms with E-state index in [9.17, 15) is 22.4 Å². The van der Waals surface area contributed by atoms with E-state index in [1.807, 2.05) is 0 Å². The van der Waals surface area contributed by atoms with E-state index in [2.05, 4.69) is 15.3 Å². The van der Waals surface area contributed by atoms with Crippen molar-refractivity contribution >= 4 is 23.2 Å². The van der Waals surface area contributed by atoms with Gasteiger partial charge in [-0.1, -0.05) is 18.2 Å². The van der Waals surface area contributed by atoms with Crippen LogP contribution in [0.4, 0.5) is 39.5 Å². The number of nitrogens with zero attached hydrogens (tertiary/aromatic N) is 3. The summed E-state index contributed by atoms with van der Waals surface area (Å²) in [4.78, 5) is 21.6. The highest BCUT2D eigenvalue weighted by Crippen LogP contribution is 2.32. The first-order valence-electron chi connectivity index (χ1n) is 7.65. The number of nitrogens with one attached hydrogen (secondary N) is 1. The minimum atomic E-state index is -4.67. The van der Waals surface area contributed by atoms with Gasteiger partial charge in [0.15, 0.2) is 0 Å². The summed E-state index contributed by atoms with van der Waals surface area (Å²) in [7, 11) is 0.